The second kappa shape index (κ2) is 8.32. The van der Waals surface area contributed by atoms with Gasteiger partial charge in [-0.3, -0.25) is 9.59 Å². The first kappa shape index (κ1) is 17.2. The minimum atomic E-state index is -0.809. The SMILES string of the molecule is CCC1CCC(NC(=O)C(N)CC(N)=O)CC1.Cl. The molecule has 1 atom stereocenters. The minimum Gasteiger partial charge on any atom is -0.370 e. The van der Waals surface area contributed by atoms with Crippen LogP contribution in [0.15, 0.2) is 0 Å². The number of carbonyl (C=O) groups is 2. The Morgan fingerprint density at radius 3 is 2.28 bits per heavy atom. The molecule has 1 unspecified atom stereocenters. The number of primary amides is 1. The summed E-state index contributed by atoms with van der Waals surface area (Å²) >= 11 is 0. The van der Waals surface area contributed by atoms with E-state index in [9.17, 15) is 9.59 Å². The molecule has 0 aromatic carbocycles. The summed E-state index contributed by atoms with van der Waals surface area (Å²) in [7, 11) is 0. The van der Waals surface area contributed by atoms with Gasteiger partial charge in [0.2, 0.25) is 11.8 Å². The number of nitrogens with one attached hydrogen (secondary N) is 1. The van der Waals surface area contributed by atoms with Gasteiger partial charge in [-0.15, -0.1) is 12.4 Å². The lowest BCUT2D eigenvalue weighted by molar-refractivity contribution is -0.127. The summed E-state index contributed by atoms with van der Waals surface area (Å²) in [5.74, 6) is -0.00599. The molecule has 5 nitrogen and oxygen atoms in total. The van der Waals surface area contributed by atoms with Crippen molar-refractivity contribution in [2.75, 3.05) is 0 Å². The second-order valence-corrected chi connectivity index (χ2v) is 4.91. The maximum Gasteiger partial charge on any atom is 0.237 e. The molecule has 0 heterocycles. The van der Waals surface area contributed by atoms with Gasteiger partial charge in [0.05, 0.1) is 12.5 Å². The highest BCUT2D eigenvalue weighted by Gasteiger charge is 2.23. The molecule has 5 N–H and O–H groups in total. The molecule has 0 spiro atoms. The first-order chi connectivity index (χ1) is 8.02. The van der Waals surface area contributed by atoms with Crippen LogP contribution >= 0.6 is 12.4 Å². The van der Waals surface area contributed by atoms with E-state index in [1.807, 2.05) is 0 Å². The smallest absolute Gasteiger partial charge is 0.237 e. The van der Waals surface area contributed by atoms with Gasteiger partial charge in [0, 0.05) is 6.04 Å². The summed E-state index contributed by atoms with van der Waals surface area (Å²) in [4.78, 5) is 22.3. The zero-order valence-electron chi connectivity index (χ0n) is 10.9. The maximum absolute atomic E-state index is 11.7. The third-order valence-corrected chi connectivity index (χ3v) is 3.53. The van der Waals surface area contributed by atoms with E-state index in [0.29, 0.717) is 0 Å². The molecule has 0 aromatic heterocycles. The molecule has 0 radical (unpaired) electrons. The molecule has 1 rings (SSSR count). The van der Waals surface area contributed by atoms with E-state index < -0.39 is 11.9 Å². The van der Waals surface area contributed by atoms with Gasteiger partial charge in [0.25, 0.3) is 0 Å². The molecule has 0 bridgehead atoms. The third-order valence-electron chi connectivity index (χ3n) is 3.53. The molecule has 1 fully saturated rings. The topological polar surface area (TPSA) is 98.2 Å². The van der Waals surface area contributed by atoms with Crippen molar-refractivity contribution >= 4 is 24.2 Å². The number of amides is 2. The average molecular weight is 278 g/mol. The van der Waals surface area contributed by atoms with Crippen LogP contribution < -0.4 is 16.8 Å². The molecule has 1 saturated carbocycles. The van der Waals surface area contributed by atoms with Crippen molar-refractivity contribution in [1.29, 1.82) is 0 Å². The van der Waals surface area contributed by atoms with Crippen LogP contribution in [0.3, 0.4) is 0 Å². The molecule has 1 aliphatic rings. The number of nitrogens with two attached hydrogens (primary N) is 2. The number of carbonyl (C=O) groups excluding carboxylic acids is 2. The molecule has 0 aliphatic heterocycles. The minimum absolute atomic E-state index is 0. The maximum atomic E-state index is 11.7. The van der Waals surface area contributed by atoms with Crippen LogP contribution in [-0.2, 0) is 9.59 Å². The molecule has 106 valence electrons. The average Bonchev–Trinajstić information content (AvgIpc) is 2.29. The lowest BCUT2D eigenvalue weighted by atomic mass is 9.84. The van der Waals surface area contributed by atoms with Gasteiger partial charge in [-0.25, -0.2) is 0 Å². The van der Waals surface area contributed by atoms with Gasteiger partial charge >= 0.3 is 0 Å². The lowest BCUT2D eigenvalue weighted by Crippen LogP contribution is -2.47. The molecule has 18 heavy (non-hydrogen) atoms. The number of halogens is 1. The summed E-state index contributed by atoms with van der Waals surface area (Å²) in [6.07, 6.45) is 5.46. The number of rotatable bonds is 5. The summed E-state index contributed by atoms with van der Waals surface area (Å²) in [5.41, 5.74) is 10.6. The highest BCUT2D eigenvalue weighted by Crippen LogP contribution is 2.26. The fourth-order valence-corrected chi connectivity index (χ4v) is 2.33. The fourth-order valence-electron chi connectivity index (χ4n) is 2.33. The summed E-state index contributed by atoms with van der Waals surface area (Å²) in [6, 6.07) is -0.597. The Bertz CT molecular complexity index is 278. The fraction of sp³-hybridized carbons (Fsp3) is 0.833. The van der Waals surface area contributed by atoms with Gasteiger partial charge in [-0.2, -0.15) is 0 Å². The highest BCUT2D eigenvalue weighted by atomic mass is 35.5. The van der Waals surface area contributed by atoms with Crippen LogP contribution in [0.1, 0.15) is 45.4 Å². The number of hydrogen-bond acceptors (Lipinski definition) is 3. The van der Waals surface area contributed by atoms with Gasteiger partial charge in [0.15, 0.2) is 0 Å². The largest absolute Gasteiger partial charge is 0.370 e. The normalized spacial score (nSPS) is 24.8. The zero-order valence-corrected chi connectivity index (χ0v) is 11.7. The van der Waals surface area contributed by atoms with Crippen LogP contribution in [0.4, 0.5) is 0 Å². The van der Waals surface area contributed by atoms with Crippen LogP contribution in [0.25, 0.3) is 0 Å². The van der Waals surface area contributed by atoms with Crippen molar-refractivity contribution in [2.24, 2.45) is 17.4 Å². The highest BCUT2D eigenvalue weighted by molar-refractivity contribution is 5.87. The Morgan fingerprint density at radius 1 is 1.28 bits per heavy atom. The third kappa shape index (κ3) is 5.69. The van der Waals surface area contributed by atoms with Crippen molar-refractivity contribution in [3.63, 3.8) is 0 Å². The zero-order chi connectivity index (χ0) is 12.8. The van der Waals surface area contributed by atoms with Crippen molar-refractivity contribution in [2.45, 2.75) is 57.5 Å². The van der Waals surface area contributed by atoms with E-state index in [4.69, 9.17) is 11.5 Å². The van der Waals surface area contributed by atoms with Crippen molar-refractivity contribution < 1.29 is 9.59 Å². The first-order valence-corrected chi connectivity index (χ1v) is 6.37. The van der Waals surface area contributed by atoms with Crippen molar-refractivity contribution in [3.05, 3.63) is 0 Å². The Hall–Kier alpha value is -0.810. The second-order valence-electron chi connectivity index (χ2n) is 4.91. The molecular weight excluding hydrogens is 254 g/mol. The quantitative estimate of drug-likeness (QED) is 0.690. The Morgan fingerprint density at radius 2 is 1.83 bits per heavy atom. The lowest BCUT2D eigenvalue weighted by Gasteiger charge is -2.29. The van der Waals surface area contributed by atoms with E-state index in [-0.39, 0.29) is 30.8 Å². The molecule has 1 aliphatic carbocycles. The van der Waals surface area contributed by atoms with Crippen LogP contribution in [0, 0.1) is 5.92 Å². The van der Waals surface area contributed by atoms with Gasteiger partial charge in [0.1, 0.15) is 0 Å². The summed E-state index contributed by atoms with van der Waals surface area (Å²) in [5, 5.41) is 2.90. The molecular formula is C12H24ClN3O2. The van der Waals surface area contributed by atoms with Crippen molar-refractivity contribution in [1.82, 2.24) is 5.32 Å². The van der Waals surface area contributed by atoms with E-state index in [1.54, 1.807) is 0 Å². The summed E-state index contributed by atoms with van der Waals surface area (Å²) in [6.45, 7) is 2.20. The number of hydrogen-bond donors (Lipinski definition) is 3. The predicted octanol–water partition coefficient (Wildman–Crippen LogP) is 0.696. The molecule has 2 amide bonds. The first-order valence-electron chi connectivity index (χ1n) is 6.37. The van der Waals surface area contributed by atoms with E-state index in [0.717, 1.165) is 31.6 Å². The van der Waals surface area contributed by atoms with Crippen LogP contribution in [-0.4, -0.2) is 23.9 Å². The summed E-state index contributed by atoms with van der Waals surface area (Å²) < 4.78 is 0. The molecule has 0 aromatic rings. The van der Waals surface area contributed by atoms with E-state index in [1.165, 1.54) is 6.42 Å². The standard InChI is InChI=1S/C12H23N3O2.ClH/c1-2-8-3-5-9(6-4-8)15-12(17)10(13)7-11(14)16;/h8-10H,2-7,13H2,1H3,(H2,14,16)(H,15,17);1H. The van der Waals surface area contributed by atoms with Crippen molar-refractivity contribution in [3.8, 4) is 0 Å². The Balaban J connectivity index is 0.00000289. The predicted molar refractivity (Wildman–Crippen MR) is 73.2 cm³/mol. The molecule has 6 heteroatoms. The van der Waals surface area contributed by atoms with E-state index >= 15 is 0 Å². The Labute approximate surface area is 114 Å². The van der Waals surface area contributed by atoms with E-state index in [2.05, 4.69) is 12.2 Å². The Kier molecular flexibility index (Phi) is 7.95. The van der Waals surface area contributed by atoms with Crippen LogP contribution in [0.2, 0.25) is 0 Å². The monoisotopic (exact) mass is 277 g/mol. The van der Waals surface area contributed by atoms with Crippen LogP contribution in [0.5, 0.6) is 0 Å². The molecule has 0 saturated heterocycles. The van der Waals surface area contributed by atoms with Gasteiger partial charge in [-0.1, -0.05) is 13.3 Å². The van der Waals surface area contributed by atoms with Gasteiger partial charge < -0.3 is 16.8 Å². The van der Waals surface area contributed by atoms with Gasteiger partial charge in [-0.05, 0) is 31.6 Å².